The summed E-state index contributed by atoms with van der Waals surface area (Å²) >= 11 is 0. The highest BCUT2D eigenvalue weighted by molar-refractivity contribution is 5.98. The van der Waals surface area contributed by atoms with Crippen LogP contribution in [0, 0.1) is 5.92 Å². The van der Waals surface area contributed by atoms with Gasteiger partial charge in [-0.25, -0.2) is 4.98 Å². The molecule has 1 aromatic heterocycles. The molecular weight excluding hydrogens is 312 g/mol. The Balaban J connectivity index is 1.74. The number of likely N-dealkylation sites (tertiary alicyclic amines) is 1. The summed E-state index contributed by atoms with van der Waals surface area (Å²) < 4.78 is 0. The van der Waals surface area contributed by atoms with Gasteiger partial charge in [0.2, 0.25) is 5.91 Å². The fourth-order valence-corrected chi connectivity index (χ4v) is 3.65. The summed E-state index contributed by atoms with van der Waals surface area (Å²) in [5, 5.41) is 15.1. The molecule has 2 fully saturated rings. The first-order chi connectivity index (χ1) is 11.5. The minimum absolute atomic E-state index is 0.00971. The molecule has 0 aromatic carbocycles. The van der Waals surface area contributed by atoms with Gasteiger partial charge in [-0.15, -0.1) is 0 Å². The van der Waals surface area contributed by atoms with Crippen molar-refractivity contribution in [3.63, 3.8) is 0 Å². The monoisotopic (exact) mass is 332 g/mol. The third-order valence-corrected chi connectivity index (χ3v) is 4.96. The van der Waals surface area contributed by atoms with Gasteiger partial charge in [0, 0.05) is 32.8 Å². The Hall–Kier alpha value is -2.64. The lowest BCUT2D eigenvalue weighted by molar-refractivity contribution is -0.144. The molecular formula is C16H20N4O4. The molecule has 3 heterocycles. The molecule has 0 radical (unpaired) electrons. The minimum Gasteiger partial charge on any atom is -0.481 e. The number of anilines is 1. The van der Waals surface area contributed by atoms with Gasteiger partial charge in [0.15, 0.2) is 0 Å². The number of carboxylic acid groups (broad SMARTS) is 1. The van der Waals surface area contributed by atoms with Gasteiger partial charge in [0.1, 0.15) is 5.82 Å². The second-order valence-corrected chi connectivity index (χ2v) is 6.24. The molecule has 3 rings (SSSR count). The Morgan fingerprint density at radius 2 is 2.12 bits per heavy atom. The first-order valence-corrected chi connectivity index (χ1v) is 7.93. The number of hydrogen-bond donors (Lipinski definition) is 3. The number of carbonyl (C=O) groups is 3. The van der Waals surface area contributed by atoms with Gasteiger partial charge >= 0.3 is 5.97 Å². The van der Waals surface area contributed by atoms with Crippen molar-refractivity contribution < 1.29 is 19.5 Å². The van der Waals surface area contributed by atoms with E-state index in [1.807, 2.05) is 0 Å². The molecule has 1 aromatic rings. The molecule has 8 nitrogen and oxygen atoms in total. The number of nitrogens with one attached hydrogen (secondary N) is 2. The Bertz CT molecular complexity index is 682. The van der Waals surface area contributed by atoms with Crippen LogP contribution < -0.4 is 10.6 Å². The molecule has 128 valence electrons. The van der Waals surface area contributed by atoms with Crippen molar-refractivity contribution >= 4 is 23.6 Å². The second-order valence-electron chi connectivity index (χ2n) is 6.24. The summed E-state index contributed by atoms with van der Waals surface area (Å²) in [7, 11) is 1.70. The molecule has 2 aliphatic heterocycles. The average molecular weight is 332 g/mol. The quantitative estimate of drug-likeness (QED) is 0.735. The maximum absolute atomic E-state index is 12.7. The smallest absolute Gasteiger partial charge is 0.309 e. The molecule has 3 N–H and O–H groups in total. The predicted molar refractivity (Wildman–Crippen MR) is 85.5 cm³/mol. The molecule has 2 aliphatic rings. The second kappa shape index (κ2) is 6.10. The van der Waals surface area contributed by atoms with Gasteiger partial charge in [-0.3, -0.25) is 14.4 Å². The van der Waals surface area contributed by atoms with E-state index in [2.05, 4.69) is 15.6 Å². The fourth-order valence-electron chi connectivity index (χ4n) is 3.65. The fraction of sp³-hybridized carbons (Fsp3) is 0.500. The third-order valence-electron chi connectivity index (χ3n) is 4.96. The van der Waals surface area contributed by atoms with E-state index in [1.165, 1.54) is 0 Å². The van der Waals surface area contributed by atoms with E-state index in [4.69, 9.17) is 0 Å². The van der Waals surface area contributed by atoms with Crippen LogP contribution in [0.15, 0.2) is 18.3 Å². The van der Waals surface area contributed by atoms with Crippen LogP contribution in [0.3, 0.4) is 0 Å². The lowest BCUT2D eigenvalue weighted by Crippen LogP contribution is -2.56. The number of aromatic nitrogens is 1. The van der Waals surface area contributed by atoms with E-state index in [9.17, 15) is 19.5 Å². The molecule has 8 heteroatoms. The normalized spacial score (nSPS) is 22.3. The van der Waals surface area contributed by atoms with Crippen LogP contribution >= 0.6 is 0 Å². The Labute approximate surface area is 139 Å². The van der Waals surface area contributed by atoms with Gasteiger partial charge in [-0.1, -0.05) is 0 Å². The van der Waals surface area contributed by atoms with Gasteiger partial charge in [-0.2, -0.15) is 0 Å². The molecule has 24 heavy (non-hydrogen) atoms. The van der Waals surface area contributed by atoms with E-state index >= 15 is 0 Å². The number of rotatable bonds is 3. The van der Waals surface area contributed by atoms with Crippen LogP contribution in [0.5, 0.6) is 0 Å². The number of hydrogen-bond acceptors (Lipinski definition) is 5. The summed E-state index contributed by atoms with van der Waals surface area (Å²) in [5.74, 6) is -1.54. The van der Waals surface area contributed by atoms with Gasteiger partial charge in [0.05, 0.1) is 17.0 Å². The molecule has 1 atom stereocenters. The highest BCUT2D eigenvalue weighted by Gasteiger charge is 2.52. The number of nitrogens with zero attached hydrogens (tertiary/aromatic N) is 2. The first kappa shape index (κ1) is 16.2. The van der Waals surface area contributed by atoms with Crippen LogP contribution in [0.2, 0.25) is 0 Å². The molecule has 0 saturated carbocycles. The number of pyridine rings is 1. The van der Waals surface area contributed by atoms with Gasteiger partial charge in [-0.05, 0) is 25.0 Å². The summed E-state index contributed by atoms with van der Waals surface area (Å²) in [6, 6.07) is 3.42. The van der Waals surface area contributed by atoms with Crippen LogP contribution in [-0.2, 0) is 9.59 Å². The van der Waals surface area contributed by atoms with Crippen molar-refractivity contribution in [2.75, 3.05) is 25.5 Å². The van der Waals surface area contributed by atoms with Crippen molar-refractivity contribution in [3.8, 4) is 0 Å². The Morgan fingerprint density at radius 1 is 1.42 bits per heavy atom. The molecule has 0 aliphatic carbocycles. The first-order valence-electron chi connectivity index (χ1n) is 7.93. The van der Waals surface area contributed by atoms with Crippen molar-refractivity contribution in [1.82, 2.24) is 15.2 Å². The largest absolute Gasteiger partial charge is 0.481 e. The lowest BCUT2D eigenvalue weighted by atomic mass is 9.77. The van der Waals surface area contributed by atoms with Crippen LogP contribution in [-0.4, -0.2) is 58.5 Å². The molecule has 2 amide bonds. The zero-order chi connectivity index (χ0) is 17.3. The van der Waals surface area contributed by atoms with Crippen molar-refractivity contribution in [2.45, 2.75) is 24.8 Å². The topological polar surface area (TPSA) is 112 Å². The molecule has 2 saturated heterocycles. The summed E-state index contributed by atoms with van der Waals surface area (Å²) in [6.45, 7) is 0.807. The summed E-state index contributed by atoms with van der Waals surface area (Å²) in [4.78, 5) is 41.7. The average Bonchev–Trinajstić information content (AvgIpc) is 2.91. The van der Waals surface area contributed by atoms with Crippen LogP contribution in [0.1, 0.15) is 29.6 Å². The van der Waals surface area contributed by atoms with E-state index in [0.29, 0.717) is 37.3 Å². The number of carboxylic acids is 1. The van der Waals surface area contributed by atoms with Crippen molar-refractivity contribution in [2.24, 2.45) is 5.92 Å². The van der Waals surface area contributed by atoms with E-state index in [0.717, 1.165) is 0 Å². The van der Waals surface area contributed by atoms with Crippen LogP contribution in [0.4, 0.5) is 5.82 Å². The van der Waals surface area contributed by atoms with Gasteiger partial charge in [0.25, 0.3) is 5.91 Å². The Morgan fingerprint density at radius 3 is 2.75 bits per heavy atom. The summed E-state index contributed by atoms with van der Waals surface area (Å²) in [5.41, 5.74) is -0.248. The standard InChI is InChI=1S/C16H20N4O4/c1-17-13-10(3-2-6-18-13)14(22)20-7-4-16(5-8-20)11(15(23)24)9-12(21)19-16/h2-3,6,11H,4-5,7-9H2,1H3,(H,17,18)(H,19,21)(H,23,24)/t11-/m1/s1. The minimum atomic E-state index is -0.960. The zero-order valence-electron chi connectivity index (χ0n) is 13.4. The lowest BCUT2D eigenvalue weighted by Gasteiger charge is -2.41. The third kappa shape index (κ3) is 2.68. The van der Waals surface area contributed by atoms with E-state index in [-0.39, 0.29) is 18.2 Å². The maximum Gasteiger partial charge on any atom is 0.309 e. The number of aliphatic carboxylic acids is 1. The predicted octanol–water partition coefficient (Wildman–Crippen LogP) is 0.319. The van der Waals surface area contributed by atoms with E-state index < -0.39 is 17.4 Å². The van der Waals surface area contributed by atoms with E-state index in [1.54, 1.807) is 30.3 Å². The Kier molecular flexibility index (Phi) is 4.13. The zero-order valence-corrected chi connectivity index (χ0v) is 13.4. The van der Waals surface area contributed by atoms with Crippen LogP contribution in [0.25, 0.3) is 0 Å². The molecule has 1 spiro atoms. The van der Waals surface area contributed by atoms with Crippen molar-refractivity contribution in [3.05, 3.63) is 23.9 Å². The molecule has 0 bridgehead atoms. The highest BCUT2D eigenvalue weighted by Crippen LogP contribution is 2.37. The molecule has 0 unspecified atom stereocenters. The highest BCUT2D eigenvalue weighted by atomic mass is 16.4. The number of piperidine rings is 1. The number of amides is 2. The SMILES string of the molecule is CNc1ncccc1C(=O)N1CCC2(CC1)NC(=O)C[C@@H]2C(=O)O. The summed E-state index contributed by atoms with van der Waals surface area (Å²) in [6.07, 6.45) is 2.50. The van der Waals surface area contributed by atoms with Crippen molar-refractivity contribution in [1.29, 1.82) is 0 Å². The van der Waals surface area contributed by atoms with Gasteiger partial charge < -0.3 is 20.6 Å². The maximum atomic E-state index is 12.7. The number of carbonyl (C=O) groups excluding carboxylic acids is 2.